The fourth-order valence-electron chi connectivity index (χ4n) is 1.98. The van der Waals surface area contributed by atoms with Gasteiger partial charge in [0, 0.05) is 11.6 Å². The van der Waals surface area contributed by atoms with Gasteiger partial charge < -0.3 is 5.32 Å². The summed E-state index contributed by atoms with van der Waals surface area (Å²) in [5, 5.41) is 3.76. The van der Waals surface area contributed by atoms with Gasteiger partial charge in [0.05, 0.1) is 17.3 Å². The lowest BCUT2D eigenvalue weighted by Gasteiger charge is -2.16. The summed E-state index contributed by atoms with van der Waals surface area (Å²) in [6.45, 7) is 0.996. The predicted octanol–water partition coefficient (Wildman–Crippen LogP) is 4.06. The molecular weight excluding hydrogens is 307 g/mol. The van der Waals surface area contributed by atoms with Gasteiger partial charge in [-0.2, -0.15) is 0 Å². The van der Waals surface area contributed by atoms with Crippen LogP contribution in [0.5, 0.6) is 0 Å². The lowest BCUT2D eigenvalue weighted by Crippen LogP contribution is -2.29. The topological polar surface area (TPSA) is 32.3 Å². The minimum absolute atomic E-state index is 0.113. The normalized spacial score (nSPS) is 10.7. The van der Waals surface area contributed by atoms with Crippen molar-refractivity contribution < 1.29 is 4.79 Å². The van der Waals surface area contributed by atoms with Gasteiger partial charge in [0.1, 0.15) is 0 Å². The molecule has 0 radical (unpaired) electrons. The highest BCUT2D eigenvalue weighted by Gasteiger charge is 2.09. The standard InChI is InChI=1S/C16H16Cl2N2O/c1-20(10-12-5-3-2-4-6-12)11-16(21)19-15-8-7-13(17)9-14(15)18/h2-9H,10-11H2,1H3,(H,19,21). The van der Waals surface area contributed by atoms with E-state index in [9.17, 15) is 4.79 Å². The SMILES string of the molecule is CN(CC(=O)Nc1ccc(Cl)cc1Cl)Cc1ccccc1. The molecule has 0 spiro atoms. The molecule has 1 amide bonds. The molecule has 2 aromatic carbocycles. The van der Waals surface area contributed by atoms with E-state index in [0.717, 1.165) is 5.56 Å². The van der Waals surface area contributed by atoms with Crippen molar-refractivity contribution in [3.63, 3.8) is 0 Å². The van der Waals surface area contributed by atoms with Gasteiger partial charge >= 0.3 is 0 Å². The number of anilines is 1. The van der Waals surface area contributed by atoms with E-state index in [1.54, 1.807) is 18.2 Å². The van der Waals surface area contributed by atoms with Crippen LogP contribution >= 0.6 is 23.2 Å². The second kappa shape index (κ2) is 7.46. The summed E-state index contributed by atoms with van der Waals surface area (Å²) in [6, 6.07) is 15.0. The largest absolute Gasteiger partial charge is 0.324 e. The van der Waals surface area contributed by atoms with Crippen LogP contribution in [0.2, 0.25) is 10.0 Å². The van der Waals surface area contributed by atoms with Crippen molar-refractivity contribution in [1.82, 2.24) is 4.90 Å². The first kappa shape index (κ1) is 15.8. The van der Waals surface area contributed by atoms with Gasteiger partial charge in [-0.3, -0.25) is 9.69 Å². The van der Waals surface area contributed by atoms with Crippen molar-refractivity contribution in [3.8, 4) is 0 Å². The molecule has 0 aliphatic heterocycles. The van der Waals surface area contributed by atoms with Gasteiger partial charge in [-0.25, -0.2) is 0 Å². The Labute approximate surface area is 134 Å². The maximum Gasteiger partial charge on any atom is 0.238 e. The maximum absolute atomic E-state index is 12.0. The highest BCUT2D eigenvalue weighted by atomic mass is 35.5. The number of likely N-dealkylation sites (N-methyl/N-ethyl adjacent to an activating group) is 1. The van der Waals surface area contributed by atoms with E-state index >= 15 is 0 Å². The fraction of sp³-hybridized carbons (Fsp3) is 0.188. The first-order chi connectivity index (χ1) is 10.0. The molecular formula is C16H16Cl2N2O. The van der Waals surface area contributed by atoms with Crippen molar-refractivity contribution in [2.75, 3.05) is 18.9 Å². The van der Waals surface area contributed by atoms with Crippen LogP contribution in [0.25, 0.3) is 0 Å². The van der Waals surface area contributed by atoms with E-state index in [1.165, 1.54) is 0 Å². The smallest absolute Gasteiger partial charge is 0.238 e. The zero-order chi connectivity index (χ0) is 15.2. The van der Waals surface area contributed by atoms with Gasteiger partial charge in [-0.05, 0) is 30.8 Å². The van der Waals surface area contributed by atoms with Crippen LogP contribution in [0.15, 0.2) is 48.5 Å². The average molecular weight is 323 g/mol. The molecule has 5 heteroatoms. The number of benzene rings is 2. The molecule has 0 aliphatic rings. The van der Waals surface area contributed by atoms with Crippen LogP contribution in [0, 0.1) is 0 Å². The Bertz CT molecular complexity index is 617. The maximum atomic E-state index is 12.0. The molecule has 1 N–H and O–H groups in total. The molecule has 0 saturated carbocycles. The Morgan fingerprint density at radius 2 is 1.86 bits per heavy atom. The molecule has 0 heterocycles. The molecule has 2 aromatic rings. The lowest BCUT2D eigenvalue weighted by atomic mass is 10.2. The van der Waals surface area contributed by atoms with Crippen LogP contribution in [-0.2, 0) is 11.3 Å². The van der Waals surface area contributed by atoms with Crippen LogP contribution in [0.3, 0.4) is 0 Å². The summed E-state index contributed by atoms with van der Waals surface area (Å²) in [6.07, 6.45) is 0. The number of amides is 1. The summed E-state index contributed by atoms with van der Waals surface area (Å²) in [4.78, 5) is 13.9. The predicted molar refractivity (Wildman–Crippen MR) is 87.9 cm³/mol. The second-order valence-corrected chi connectivity index (χ2v) is 5.67. The third kappa shape index (κ3) is 5.05. The van der Waals surface area contributed by atoms with Crippen LogP contribution < -0.4 is 5.32 Å². The van der Waals surface area contributed by atoms with Crippen molar-refractivity contribution >= 4 is 34.8 Å². The first-order valence-corrected chi connectivity index (χ1v) is 7.27. The second-order valence-electron chi connectivity index (χ2n) is 4.83. The Kier molecular flexibility index (Phi) is 5.62. The Hall–Kier alpha value is -1.55. The minimum Gasteiger partial charge on any atom is -0.324 e. The molecule has 0 atom stereocenters. The first-order valence-electron chi connectivity index (χ1n) is 6.52. The Balaban J connectivity index is 1.89. The highest BCUT2D eigenvalue weighted by molar-refractivity contribution is 6.36. The van der Waals surface area contributed by atoms with Gasteiger partial charge in [0.15, 0.2) is 0 Å². The molecule has 0 unspecified atom stereocenters. The van der Waals surface area contributed by atoms with Crippen molar-refractivity contribution in [1.29, 1.82) is 0 Å². The third-order valence-electron chi connectivity index (χ3n) is 2.91. The number of carbonyl (C=O) groups is 1. The lowest BCUT2D eigenvalue weighted by molar-refractivity contribution is -0.117. The summed E-state index contributed by atoms with van der Waals surface area (Å²) in [5.74, 6) is -0.113. The molecule has 0 aromatic heterocycles. The van der Waals surface area contributed by atoms with Gasteiger partial charge in [-0.1, -0.05) is 53.5 Å². The molecule has 110 valence electrons. The number of halogens is 2. The Morgan fingerprint density at radius 1 is 1.14 bits per heavy atom. The zero-order valence-electron chi connectivity index (χ0n) is 11.6. The fourth-order valence-corrected chi connectivity index (χ4v) is 2.43. The molecule has 0 aliphatic carbocycles. The number of rotatable bonds is 5. The molecule has 3 nitrogen and oxygen atoms in total. The minimum atomic E-state index is -0.113. The quantitative estimate of drug-likeness (QED) is 0.900. The van der Waals surface area contributed by atoms with Crippen molar-refractivity contribution in [2.24, 2.45) is 0 Å². The van der Waals surface area contributed by atoms with E-state index in [-0.39, 0.29) is 12.5 Å². The molecule has 0 fully saturated rings. The van der Waals surface area contributed by atoms with E-state index in [4.69, 9.17) is 23.2 Å². The summed E-state index contributed by atoms with van der Waals surface area (Å²) >= 11 is 11.8. The molecule has 0 bridgehead atoms. The highest BCUT2D eigenvalue weighted by Crippen LogP contribution is 2.25. The monoisotopic (exact) mass is 322 g/mol. The van der Waals surface area contributed by atoms with Crippen LogP contribution in [0.4, 0.5) is 5.69 Å². The number of hydrogen-bond acceptors (Lipinski definition) is 2. The number of nitrogens with zero attached hydrogens (tertiary/aromatic N) is 1. The molecule has 21 heavy (non-hydrogen) atoms. The van der Waals surface area contributed by atoms with Crippen molar-refractivity contribution in [3.05, 3.63) is 64.1 Å². The molecule has 2 rings (SSSR count). The number of hydrogen-bond donors (Lipinski definition) is 1. The average Bonchev–Trinajstić information content (AvgIpc) is 2.43. The third-order valence-corrected chi connectivity index (χ3v) is 3.46. The van der Waals surface area contributed by atoms with E-state index < -0.39 is 0 Å². The summed E-state index contributed by atoms with van der Waals surface area (Å²) in [5.41, 5.74) is 1.73. The summed E-state index contributed by atoms with van der Waals surface area (Å²) in [7, 11) is 1.90. The van der Waals surface area contributed by atoms with Crippen LogP contribution in [-0.4, -0.2) is 24.4 Å². The van der Waals surface area contributed by atoms with Crippen LogP contribution in [0.1, 0.15) is 5.56 Å². The number of carbonyl (C=O) groups excluding carboxylic acids is 1. The van der Waals surface area contributed by atoms with Gasteiger partial charge in [0.25, 0.3) is 0 Å². The van der Waals surface area contributed by atoms with Crippen molar-refractivity contribution in [2.45, 2.75) is 6.54 Å². The molecule has 0 saturated heterocycles. The Morgan fingerprint density at radius 3 is 2.52 bits per heavy atom. The zero-order valence-corrected chi connectivity index (χ0v) is 13.2. The van der Waals surface area contributed by atoms with E-state index in [2.05, 4.69) is 5.32 Å². The number of nitrogens with one attached hydrogen (secondary N) is 1. The van der Waals surface area contributed by atoms with Gasteiger partial charge in [-0.15, -0.1) is 0 Å². The van der Waals surface area contributed by atoms with E-state index in [1.807, 2.05) is 42.3 Å². The summed E-state index contributed by atoms with van der Waals surface area (Å²) < 4.78 is 0. The van der Waals surface area contributed by atoms with Gasteiger partial charge in [0.2, 0.25) is 5.91 Å². The van der Waals surface area contributed by atoms with E-state index in [0.29, 0.717) is 22.3 Å².